The van der Waals surface area contributed by atoms with Gasteiger partial charge >= 0.3 is 6.03 Å². The van der Waals surface area contributed by atoms with Crippen LogP contribution in [0.25, 0.3) is 0 Å². The molecule has 1 saturated heterocycles. The SMILES string of the molecule is O=C1C[C@]2(NC(=O)NCCc3ccc(Cl)s3)CCCC[C@@H]2N1. The number of nitrogens with one attached hydrogen (secondary N) is 3. The van der Waals surface area contributed by atoms with Crippen molar-refractivity contribution in [3.63, 3.8) is 0 Å². The van der Waals surface area contributed by atoms with Crippen LogP contribution in [0, 0.1) is 0 Å². The van der Waals surface area contributed by atoms with Gasteiger partial charge in [0.15, 0.2) is 0 Å². The Morgan fingerprint density at radius 3 is 3.09 bits per heavy atom. The molecule has 1 aromatic heterocycles. The van der Waals surface area contributed by atoms with E-state index in [0.717, 1.165) is 41.3 Å². The van der Waals surface area contributed by atoms with Crippen molar-refractivity contribution in [1.82, 2.24) is 16.0 Å². The van der Waals surface area contributed by atoms with Crippen molar-refractivity contribution in [2.24, 2.45) is 0 Å². The summed E-state index contributed by atoms with van der Waals surface area (Å²) in [4.78, 5) is 25.0. The molecule has 2 atom stereocenters. The summed E-state index contributed by atoms with van der Waals surface area (Å²) < 4.78 is 0.763. The van der Waals surface area contributed by atoms with Gasteiger partial charge < -0.3 is 16.0 Å². The Morgan fingerprint density at radius 1 is 1.45 bits per heavy atom. The van der Waals surface area contributed by atoms with Gasteiger partial charge in [0.25, 0.3) is 0 Å². The molecule has 0 unspecified atom stereocenters. The summed E-state index contributed by atoms with van der Waals surface area (Å²) in [6, 6.07) is 3.73. The molecule has 120 valence electrons. The smallest absolute Gasteiger partial charge is 0.315 e. The third-order valence-corrected chi connectivity index (χ3v) is 5.78. The lowest BCUT2D eigenvalue weighted by Gasteiger charge is -2.38. The topological polar surface area (TPSA) is 70.2 Å². The molecule has 3 amide bonds. The number of urea groups is 1. The van der Waals surface area contributed by atoms with E-state index in [1.165, 1.54) is 11.3 Å². The van der Waals surface area contributed by atoms with Crippen LogP contribution in [0.2, 0.25) is 4.34 Å². The first-order chi connectivity index (χ1) is 10.6. The van der Waals surface area contributed by atoms with Crippen LogP contribution in [0.3, 0.4) is 0 Å². The fraction of sp³-hybridized carbons (Fsp3) is 0.600. The Labute approximate surface area is 138 Å². The first-order valence-corrected chi connectivity index (χ1v) is 8.86. The normalized spacial score (nSPS) is 27.1. The van der Waals surface area contributed by atoms with E-state index >= 15 is 0 Å². The van der Waals surface area contributed by atoms with E-state index in [1.54, 1.807) is 0 Å². The number of hydrogen-bond donors (Lipinski definition) is 3. The minimum Gasteiger partial charge on any atom is -0.351 e. The van der Waals surface area contributed by atoms with E-state index in [1.807, 2.05) is 12.1 Å². The number of carbonyl (C=O) groups is 2. The van der Waals surface area contributed by atoms with Crippen LogP contribution in [0.4, 0.5) is 4.79 Å². The number of rotatable bonds is 4. The zero-order valence-electron chi connectivity index (χ0n) is 12.3. The second-order valence-electron chi connectivity index (χ2n) is 6.04. The minimum absolute atomic E-state index is 0.0421. The van der Waals surface area contributed by atoms with Gasteiger partial charge in [0, 0.05) is 11.4 Å². The molecule has 3 N–H and O–H groups in total. The molecular weight excluding hydrogens is 322 g/mol. The molecule has 2 fully saturated rings. The molecule has 1 aliphatic carbocycles. The highest BCUT2D eigenvalue weighted by atomic mass is 35.5. The van der Waals surface area contributed by atoms with E-state index < -0.39 is 5.54 Å². The number of thiophene rings is 1. The lowest BCUT2D eigenvalue weighted by atomic mass is 9.78. The quantitative estimate of drug-likeness (QED) is 0.787. The number of carbonyl (C=O) groups excluding carboxylic acids is 2. The monoisotopic (exact) mass is 341 g/mol. The van der Waals surface area contributed by atoms with Crippen molar-refractivity contribution in [1.29, 1.82) is 0 Å². The molecule has 2 aliphatic rings. The molecule has 5 nitrogen and oxygen atoms in total. The highest BCUT2D eigenvalue weighted by molar-refractivity contribution is 7.16. The number of fused-ring (bicyclic) bond motifs is 1. The average molecular weight is 342 g/mol. The van der Waals surface area contributed by atoms with Gasteiger partial charge in [0.1, 0.15) is 0 Å². The molecular formula is C15H20ClN3O2S. The first-order valence-electron chi connectivity index (χ1n) is 7.67. The third kappa shape index (κ3) is 3.38. The summed E-state index contributed by atoms with van der Waals surface area (Å²) in [7, 11) is 0. The summed E-state index contributed by atoms with van der Waals surface area (Å²) in [5.41, 5.74) is -0.397. The summed E-state index contributed by atoms with van der Waals surface area (Å²) in [5.74, 6) is 0.0421. The van der Waals surface area contributed by atoms with Gasteiger partial charge in [0.05, 0.1) is 22.3 Å². The highest BCUT2D eigenvalue weighted by Crippen LogP contribution is 2.35. The second kappa shape index (κ2) is 6.46. The molecule has 0 spiro atoms. The molecule has 1 aliphatic heterocycles. The molecule has 0 radical (unpaired) electrons. The Kier molecular flexibility index (Phi) is 4.59. The van der Waals surface area contributed by atoms with E-state index in [2.05, 4.69) is 16.0 Å². The van der Waals surface area contributed by atoms with Gasteiger partial charge in [-0.3, -0.25) is 4.79 Å². The predicted octanol–water partition coefficient (Wildman–Crippen LogP) is 2.44. The fourth-order valence-corrected chi connectivity index (χ4v) is 4.53. The third-order valence-electron chi connectivity index (χ3n) is 4.49. The molecule has 2 heterocycles. The van der Waals surface area contributed by atoms with Gasteiger partial charge in [0.2, 0.25) is 5.91 Å². The maximum Gasteiger partial charge on any atom is 0.315 e. The zero-order chi connectivity index (χ0) is 15.6. The first kappa shape index (κ1) is 15.6. The summed E-state index contributed by atoms with van der Waals surface area (Å²) in [6.07, 6.45) is 5.13. The maximum atomic E-state index is 12.2. The Balaban J connectivity index is 1.51. The van der Waals surface area contributed by atoms with Crippen LogP contribution < -0.4 is 16.0 Å². The molecule has 3 rings (SSSR count). The van der Waals surface area contributed by atoms with Crippen LogP contribution in [-0.2, 0) is 11.2 Å². The molecule has 0 aromatic carbocycles. The van der Waals surface area contributed by atoms with Gasteiger partial charge in [-0.05, 0) is 31.4 Å². The van der Waals surface area contributed by atoms with Crippen molar-refractivity contribution in [2.45, 2.75) is 50.1 Å². The lowest BCUT2D eigenvalue weighted by Crippen LogP contribution is -2.59. The van der Waals surface area contributed by atoms with E-state index in [-0.39, 0.29) is 18.0 Å². The second-order valence-corrected chi connectivity index (χ2v) is 7.84. The van der Waals surface area contributed by atoms with Crippen LogP contribution in [0.15, 0.2) is 12.1 Å². The number of halogens is 1. The van der Waals surface area contributed by atoms with Gasteiger partial charge in [-0.1, -0.05) is 24.4 Å². The van der Waals surface area contributed by atoms with Crippen LogP contribution in [-0.4, -0.2) is 30.1 Å². The largest absolute Gasteiger partial charge is 0.351 e. The van der Waals surface area contributed by atoms with Crippen molar-refractivity contribution in [2.75, 3.05) is 6.54 Å². The molecule has 7 heteroatoms. The molecule has 1 aromatic rings. The summed E-state index contributed by atoms with van der Waals surface area (Å²) in [6.45, 7) is 0.560. The van der Waals surface area contributed by atoms with Crippen LogP contribution in [0.5, 0.6) is 0 Å². The summed E-state index contributed by atoms with van der Waals surface area (Å²) >= 11 is 7.41. The van der Waals surface area contributed by atoms with Gasteiger partial charge in [-0.15, -0.1) is 11.3 Å². The molecule has 1 saturated carbocycles. The highest BCUT2D eigenvalue weighted by Gasteiger charge is 2.48. The van der Waals surface area contributed by atoms with E-state index in [9.17, 15) is 9.59 Å². The van der Waals surface area contributed by atoms with Crippen LogP contribution >= 0.6 is 22.9 Å². The van der Waals surface area contributed by atoms with Crippen molar-refractivity contribution >= 4 is 34.9 Å². The van der Waals surface area contributed by atoms with E-state index in [0.29, 0.717) is 13.0 Å². The van der Waals surface area contributed by atoms with Gasteiger partial charge in [-0.2, -0.15) is 0 Å². The number of hydrogen-bond acceptors (Lipinski definition) is 3. The average Bonchev–Trinajstić information content (AvgIpc) is 3.01. The fourth-order valence-electron chi connectivity index (χ4n) is 3.44. The summed E-state index contributed by atoms with van der Waals surface area (Å²) in [5, 5.41) is 8.94. The number of amides is 3. The van der Waals surface area contributed by atoms with Crippen molar-refractivity contribution in [3.05, 3.63) is 21.3 Å². The minimum atomic E-state index is -0.397. The maximum absolute atomic E-state index is 12.2. The van der Waals surface area contributed by atoms with Crippen LogP contribution in [0.1, 0.15) is 37.0 Å². The van der Waals surface area contributed by atoms with Crippen molar-refractivity contribution in [3.8, 4) is 0 Å². The molecule has 22 heavy (non-hydrogen) atoms. The Hall–Kier alpha value is -1.27. The van der Waals surface area contributed by atoms with Gasteiger partial charge in [-0.25, -0.2) is 4.79 Å². The Bertz CT molecular complexity index is 577. The lowest BCUT2D eigenvalue weighted by molar-refractivity contribution is -0.119. The van der Waals surface area contributed by atoms with Crippen molar-refractivity contribution < 1.29 is 9.59 Å². The zero-order valence-corrected chi connectivity index (χ0v) is 13.9. The van der Waals surface area contributed by atoms with E-state index in [4.69, 9.17) is 11.6 Å². The standard InChI is InChI=1S/C15H20ClN3O2S/c16-12-5-4-10(22-12)6-8-17-14(21)19-15-7-2-1-3-11(15)18-13(20)9-15/h4-5,11H,1-3,6-9H2,(H,18,20)(H2,17,19,21)/t11-,15+/m0/s1. The predicted molar refractivity (Wildman–Crippen MR) is 87.3 cm³/mol. The molecule has 0 bridgehead atoms. The Morgan fingerprint density at radius 2 is 2.32 bits per heavy atom.